The third-order valence-corrected chi connectivity index (χ3v) is 2.85. The van der Waals surface area contributed by atoms with Gasteiger partial charge in [-0.25, -0.2) is 4.98 Å². The molecule has 0 N–H and O–H groups in total. The molecule has 17 heavy (non-hydrogen) atoms. The van der Waals surface area contributed by atoms with Gasteiger partial charge in [0.05, 0.1) is 19.2 Å². The molecule has 1 aromatic carbocycles. The number of hydrogen-bond donors (Lipinski definition) is 0. The van der Waals surface area contributed by atoms with Gasteiger partial charge in [-0.2, -0.15) is 0 Å². The fraction of sp³-hybridized carbons (Fsp3) is 0.417. The minimum absolute atomic E-state index is 0.462. The molecule has 2 rings (SSSR count). The smallest absolute Gasteiger partial charge is 0.203 e. The predicted molar refractivity (Wildman–Crippen MR) is 67.8 cm³/mol. The van der Waals surface area contributed by atoms with Crippen LogP contribution in [0.5, 0.6) is 5.75 Å². The van der Waals surface area contributed by atoms with Crippen molar-refractivity contribution >= 4 is 22.6 Å². The Morgan fingerprint density at radius 1 is 1.41 bits per heavy atom. The SMILES string of the molecule is CCOCCn1c(Cl)nc2cccc(OC)c21. The summed E-state index contributed by atoms with van der Waals surface area (Å²) in [5, 5.41) is 0.462. The van der Waals surface area contributed by atoms with Gasteiger partial charge in [0.25, 0.3) is 0 Å². The highest BCUT2D eigenvalue weighted by Crippen LogP contribution is 2.28. The summed E-state index contributed by atoms with van der Waals surface area (Å²) < 4.78 is 12.6. The van der Waals surface area contributed by atoms with Crippen LogP contribution in [-0.4, -0.2) is 29.9 Å². The third kappa shape index (κ3) is 2.37. The Morgan fingerprint density at radius 2 is 2.24 bits per heavy atom. The summed E-state index contributed by atoms with van der Waals surface area (Å²) in [6.45, 7) is 3.94. The lowest BCUT2D eigenvalue weighted by atomic mass is 10.3. The van der Waals surface area contributed by atoms with Crippen LogP contribution in [0.2, 0.25) is 5.28 Å². The number of nitrogens with zero attached hydrogens (tertiary/aromatic N) is 2. The minimum atomic E-state index is 0.462. The zero-order valence-corrected chi connectivity index (χ0v) is 10.7. The van der Waals surface area contributed by atoms with Crippen LogP contribution in [0, 0.1) is 0 Å². The topological polar surface area (TPSA) is 36.3 Å². The molecule has 4 nitrogen and oxygen atoms in total. The Balaban J connectivity index is 2.41. The molecule has 0 amide bonds. The Morgan fingerprint density at radius 3 is 2.94 bits per heavy atom. The average Bonchev–Trinajstić information content (AvgIpc) is 2.66. The lowest BCUT2D eigenvalue weighted by Gasteiger charge is -2.08. The monoisotopic (exact) mass is 254 g/mol. The van der Waals surface area contributed by atoms with E-state index in [9.17, 15) is 0 Å². The highest BCUT2D eigenvalue weighted by Gasteiger charge is 2.12. The molecule has 0 unspecified atom stereocenters. The number of para-hydroxylation sites is 1. The molecule has 0 bridgehead atoms. The molecule has 0 saturated carbocycles. The predicted octanol–water partition coefficient (Wildman–Crippen LogP) is 2.73. The van der Waals surface area contributed by atoms with E-state index in [-0.39, 0.29) is 0 Å². The van der Waals surface area contributed by atoms with E-state index in [0.29, 0.717) is 25.0 Å². The van der Waals surface area contributed by atoms with Gasteiger partial charge in [-0.1, -0.05) is 6.07 Å². The van der Waals surface area contributed by atoms with Crippen molar-refractivity contribution in [3.8, 4) is 5.75 Å². The van der Waals surface area contributed by atoms with Gasteiger partial charge in [0.1, 0.15) is 11.3 Å². The first-order chi connectivity index (χ1) is 8.27. The molecule has 0 saturated heterocycles. The van der Waals surface area contributed by atoms with E-state index in [1.165, 1.54) is 0 Å². The lowest BCUT2D eigenvalue weighted by Crippen LogP contribution is -2.06. The Labute approximate surface area is 105 Å². The number of aromatic nitrogens is 2. The van der Waals surface area contributed by atoms with E-state index in [4.69, 9.17) is 21.1 Å². The minimum Gasteiger partial charge on any atom is -0.494 e. The second-order valence-electron chi connectivity index (χ2n) is 3.56. The summed E-state index contributed by atoms with van der Waals surface area (Å²) in [4.78, 5) is 4.29. The average molecular weight is 255 g/mol. The number of rotatable bonds is 5. The number of halogens is 1. The van der Waals surface area contributed by atoms with Crippen LogP contribution in [0.4, 0.5) is 0 Å². The van der Waals surface area contributed by atoms with Crippen LogP contribution < -0.4 is 4.74 Å². The van der Waals surface area contributed by atoms with Crippen molar-refractivity contribution in [3.63, 3.8) is 0 Å². The van der Waals surface area contributed by atoms with Crippen molar-refractivity contribution < 1.29 is 9.47 Å². The van der Waals surface area contributed by atoms with Crippen LogP contribution in [-0.2, 0) is 11.3 Å². The molecular weight excluding hydrogens is 240 g/mol. The first kappa shape index (κ1) is 12.2. The van der Waals surface area contributed by atoms with Gasteiger partial charge in [-0.05, 0) is 30.7 Å². The molecule has 5 heteroatoms. The molecule has 0 atom stereocenters. The van der Waals surface area contributed by atoms with Crippen molar-refractivity contribution in [3.05, 3.63) is 23.5 Å². The van der Waals surface area contributed by atoms with E-state index < -0.39 is 0 Å². The second kappa shape index (κ2) is 5.38. The number of methoxy groups -OCH3 is 1. The molecule has 0 spiro atoms. The Hall–Kier alpha value is -1.26. The molecule has 1 aromatic heterocycles. The number of benzene rings is 1. The van der Waals surface area contributed by atoms with Crippen molar-refractivity contribution in [2.24, 2.45) is 0 Å². The van der Waals surface area contributed by atoms with Gasteiger partial charge in [0.2, 0.25) is 5.28 Å². The first-order valence-corrected chi connectivity index (χ1v) is 5.92. The highest BCUT2D eigenvalue weighted by atomic mass is 35.5. The van der Waals surface area contributed by atoms with Gasteiger partial charge in [0.15, 0.2) is 0 Å². The van der Waals surface area contributed by atoms with Gasteiger partial charge in [-0.3, -0.25) is 0 Å². The van der Waals surface area contributed by atoms with Crippen LogP contribution >= 0.6 is 11.6 Å². The summed E-state index contributed by atoms with van der Waals surface area (Å²) in [6.07, 6.45) is 0. The maximum Gasteiger partial charge on any atom is 0.203 e. The molecule has 0 aliphatic heterocycles. The maximum atomic E-state index is 6.12. The molecule has 0 aliphatic rings. The first-order valence-electron chi connectivity index (χ1n) is 5.54. The molecule has 0 radical (unpaired) electrons. The summed E-state index contributed by atoms with van der Waals surface area (Å²) in [5.41, 5.74) is 1.76. The van der Waals surface area contributed by atoms with Crippen LogP contribution in [0.3, 0.4) is 0 Å². The molecule has 0 fully saturated rings. The number of fused-ring (bicyclic) bond motifs is 1. The number of ether oxygens (including phenoxy) is 2. The summed E-state index contributed by atoms with van der Waals surface area (Å²) in [6, 6.07) is 5.72. The van der Waals surface area contributed by atoms with Crippen molar-refractivity contribution in [2.45, 2.75) is 13.5 Å². The summed E-state index contributed by atoms with van der Waals surface area (Å²) in [5.74, 6) is 0.776. The van der Waals surface area contributed by atoms with Crippen LogP contribution in [0.15, 0.2) is 18.2 Å². The molecule has 2 aromatic rings. The number of hydrogen-bond acceptors (Lipinski definition) is 3. The van der Waals surface area contributed by atoms with Crippen molar-refractivity contribution in [1.82, 2.24) is 9.55 Å². The normalized spacial score (nSPS) is 11.0. The number of imidazole rings is 1. The van der Waals surface area contributed by atoms with E-state index in [1.54, 1.807) is 7.11 Å². The molecule has 92 valence electrons. The van der Waals surface area contributed by atoms with Crippen LogP contribution in [0.25, 0.3) is 11.0 Å². The second-order valence-corrected chi connectivity index (χ2v) is 3.90. The molecule has 1 heterocycles. The third-order valence-electron chi connectivity index (χ3n) is 2.57. The van der Waals surface area contributed by atoms with Gasteiger partial charge < -0.3 is 14.0 Å². The van der Waals surface area contributed by atoms with E-state index in [2.05, 4.69) is 4.98 Å². The summed E-state index contributed by atoms with van der Waals surface area (Å²) >= 11 is 6.12. The maximum absolute atomic E-state index is 6.12. The van der Waals surface area contributed by atoms with Crippen molar-refractivity contribution in [1.29, 1.82) is 0 Å². The summed E-state index contributed by atoms with van der Waals surface area (Å²) in [7, 11) is 1.64. The van der Waals surface area contributed by atoms with Gasteiger partial charge in [-0.15, -0.1) is 0 Å². The standard InChI is InChI=1S/C12H15ClN2O2/c1-3-17-8-7-15-11-9(14-12(15)13)5-4-6-10(11)16-2/h4-6H,3,7-8H2,1-2H3. The van der Waals surface area contributed by atoms with Crippen molar-refractivity contribution in [2.75, 3.05) is 20.3 Å². The Bertz CT molecular complexity index is 510. The highest BCUT2D eigenvalue weighted by molar-refractivity contribution is 6.29. The fourth-order valence-electron chi connectivity index (χ4n) is 1.79. The Kier molecular flexibility index (Phi) is 3.86. The van der Waals surface area contributed by atoms with E-state index in [0.717, 1.165) is 16.8 Å². The van der Waals surface area contributed by atoms with Gasteiger partial charge >= 0.3 is 0 Å². The van der Waals surface area contributed by atoms with E-state index in [1.807, 2.05) is 29.7 Å². The lowest BCUT2D eigenvalue weighted by molar-refractivity contribution is 0.140. The zero-order valence-electron chi connectivity index (χ0n) is 9.94. The van der Waals surface area contributed by atoms with E-state index >= 15 is 0 Å². The molecule has 0 aliphatic carbocycles. The fourth-order valence-corrected chi connectivity index (χ4v) is 2.05. The van der Waals surface area contributed by atoms with Gasteiger partial charge in [0, 0.05) is 13.2 Å². The quantitative estimate of drug-likeness (QED) is 0.770. The molecular formula is C12H15ClN2O2. The van der Waals surface area contributed by atoms with Crippen LogP contribution in [0.1, 0.15) is 6.92 Å². The largest absolute Gasteiger partial charge is 0.494 e. The zero-order chi connectivity index (χ0) is 12.3.